The number of nitrogens with two attached hydrogens (primary N) is 1. The van der Waals surface area contributed by atoms with Crippen molar-refractivity contribution in [3.8, 4) is 0 Å². The lowest BCUT2D eigenvalue weighted by Crippen LogP contribution is -2.21. The second kappa shape index (κ2) is 5.30. The lowest BCUT2D eigenvalue weighted by atomic mass is 10.1. The van der Waals surface area contributed by atoms with Gasteiger partial charge in [0.1, 0.15) is 0 Å². The zero-order valence-corrected chi connectivity index (χ0v) is 9.54. The summed E-state index contributed by atoms with van der Waals surface area (Å²) in [6.07, 6.45) is 3.40. The van der Waals surface area contributed by atoms with E-state index in [1.54, 1.807) is 12.3 Å². The van der Waals surface area contributed by atoms with Gasteiger partial charge in [0.2, 0.25) is 0 Å². The molecular weight excluding hydrogens is 214 g/mol. The molecule has 1 heterocycles. The van der Waals surface area contributed by atoms with Crippen LogP contribution >= 0.6 is 0 Å². The smallest absolute Gasteiger partial charge is 0.266 e. The first-order valence-electron chi connectivity index (χ1n) is 5.62. The van der Waals surface area contributed by atoms with Gasteiger partial charge >= 0.3 is 0 Å². The highest BCUT2D eigenvalue weighted by atomic mass is 16.1. The molecule has 2 aromatic rings. The predicted molar refractivity (Wildman–Crippen MR) is 67.7 cm³/mol. The molecule has 0 aliphatic rings. The van der Waals surface area contributed by atoms with Crippen molar-refractivity contribution in [1.29, 1.82) is 0 Å². The van der Waals surface area contributed by atoms with Gasteiger partial charge in [-0.3, -0.25) is 4.79 Å². The van der Waals surface area contributed by atoms with E-state index in [1.165, 1.54) is 16.3 Å². The number of benzene rings is 1. The van der Waals surface area contributed by atoms with Crippen LogP contribution in [0.5, 0.6) is 0 Å². The van der Waals surface area contributed by atoms with Crippen molar-refractivity contribution in [3.63, 3.8) is 0 Å². The summed E-state index contributed by atoms with van der Waals surface area (Å²) in [6, 6.07) is 11.0. The van der Waals surface area contributed by atoms with Gasteiger partial charge < -0.3 is 5.73 Å². The Morgan fingerprint density at radius 1 is 1.24 bits per heavy atom. The Morgan fingerprint density at radius 2 is 2.12 bits per heavy atom. The van der Waals surface area contributed by atoms with Crippen LogP contribution in [0.4, 0.5) is 5.69 Å². The average Bonchev–Trinajstić information content (AvgIpc) is 2.32. The van der Waals surface area contributed by atoms with Crippen molar-refractivity contribution < 1.29 is 0 Å². The summed E-state index contributed by atoms with van der Waals surface area (Å²) in [7, 11) is 0. The first-order valence-corrected chi connectivity index (χ1v) is 5.62. The van der Waals surface area contributed by atoms with Gasteiger partial charge in [-0.2, -0.15) is 5.10 Å². The summed E-state index contributed by atoms with van der Waals surface area (Å²) in [6.45, 7) is 0.633. The van der Waals surface area contributed by atoms with E-state index in [2.05, 4.69) is 5.10 Å². The Bertz CT molecular complexity index is 548. The van der Waals surface area contributed by atoms with Gasteiger partial charge in [0.25, 0.3) is 5.56 Å². The monoisotopic (exact) mass is 229 g/mol. The maximum Gasteiger partial charge on any atom is 0.266 e. The second-order valence-electron chi connectivity index (χ2n) is 3.93. The highest BCUT2D eigenvalue weighted by Crippen LogP contribution is 2.08. The fraction of sp³-hybridized carbons (Fsp3) is 0.231. The molecule has 0 atom stereocenters. The van der Waals surface area contributed by atoms with Gasteiger partial charge in [-0.1, -0.05) is 12.1 Å². The van der Waals surface area contributed by atoms with E-state index in [9.17, 15) is 4.79 Å². The molecule has 0 fully saturated rings. The fourth-order valence-electron chi connectivity index (χ4n) is 1.74. The molecule has 1 aromatic carbocycles. The topological polar surface area (TPSA) is 60.9 Å². The molecule has 0 saturated carbocycles. The molecule has 0 saturated heterocycles. The lowest BCUT2D eigenvalue weighted by molar-refractivity contribution is 0.548. The largest absolute Gasteiger partial charge is 0.399 e. The van der Waals surface area contributed by atoms with Gasteiger partial charge in [-0.15, -0.1) is 0 Å². The van der Waals surface area contributed by atoms with E-state index < -0.39 is 0 Å². The van der Waals surface area contributed by atoms with E-state index in [1.807, 2.05) is 24.3 Å². The molecule has 2 N–H and O–H groups in total. The normalized spacial score (nSPS) is 10.4. The summed E-state index contributed by atoms with van der Waals surface area (Å²) < 4.78 is 1.48. The van der Waals surface area contributed by atoms with Crippen LogP contribution in [-0.4, -0.2) is 9.78 Å². The molecule has 0 bridgehead atoms. The highest BCUT2D eigenvalue weighted by molar-refractivity contribution is 5.40. The summed E-state index contributed by atoms with van der Waals surface area (Å²) >= 11 is 0. The molecule has 4 heteroatoms. The summed E-state index contributed by atoms with van der Waals surface area (Å²) in [5.41, 5.74) is 7.61. The highest BCUT2D eigenvalue weighted by Gasteiger charge is 1.97. The summed E-state index contributed by atoms with van der Waals surface area (Å²) in [4.78, 5) is 11.4. The quantitative estimate of drug-likeness (QED) is 0.807. The number of rotatable bonds is 4. The summed E-state index contributed by atoms with van der Waals surface area (Å²) in [5, 5.41) is 4.01. The van der Waals surface area contributed by atoms with E-state index in [-0.39, 0.29) is 5.56 Å². The number of anilines is 1. The van der Waals surface area contributed by atoms with Crippen LogP contribution < -0.4 is 11.3 Å². The standard InChI is InChI=1S/C13H15N3O/c14-12-6-1-4-11(10-12)5-3-9-16-13(17)7-2-8-15-16/h1-2,4,6-8,10H,3,5,9,14H2. The van der Waals surface area contributed by atoms with Crippen LogP contribution in [0.25, 0.3) is 0 Å². The fourth-order valence-corrected chi connectivity index (χ4v) is 1.74. The molecule has 88 valence electrons. The lowest BCUT2D eigenvalue weighted by Gasteiger charge is -2.04. The molecule has 17 heavy (non-hydrogen) atoms. The van der Waals surface area contributed by atoms with Gasteiger partial charge in [0, 0.05) is 24.5 Å². The molecule has 4 nitrogen and oxygen atoms in total. The van der Waals surface area contributed by atoms with E-state index >= 15 is 0 Å². The number of nitrogen functional groups attached to an aromatic ring is 1. The van der Waals surface area contributed by atoms with Crippen LogP contribution in [0, 0.1) is 0 Å². The molecule has 0 aliphatic carbocycles. The predicted octanol–water partition coefficient (Wildman–Crippen LogP) is 1.46. The van der Waals surface area contributed by atoms with Crippen LogP contribution in [0.3, 0.4) is 0 Å². The van der Waals surface area contributed by atoms with Gasteiger partial charge in [-0.25, -0.2) is 4.68 Å². The SMILES string of the molecule is Nc1cccc(CCCn2ncccc2=O)c1. The Hall–Kier alpha value is -2.10. The van der Waals surface area contributed by atoms with Crippen LogP contribution in [0.1, 0.15) is 12.0 Å². The average molecular weight is 229 g/mol. The van der Waals surface area contributed by atoms with E-state index in [0.29, 0.717) is 6.54 Å². The van der Waals surface area contributed by atoms with Crippen molar-refractivity contribution in [2.75, 3.05) is 5.73 Å². The van der Waals surface area contributed by atoms with Crippen molar-refractivity contribution in [3.05, 3.63) is 58.5 Å². The number of aromatic nitrogens is 2. The minimum Gasteiger partial charge on any atom is -0.399 e. The van der Waals surface area contributed by atoms with Crippen molar-refractivity contribution in [2.45, 2.75) is 19.4 Å². The molecule has 0 spiro atoms. The number of hydrogen-bond donors (Lipinski definition) is 1. The maximum atomic E-state index is 11.4. The van der Waals surface area contributed by atoms with E-state index in [4.69, 9.17) is 5.73 Å². The van der Waals surface area contributed by atoms with Crippen molar-refractivity contribution >= 4 is 5.69 Å². The van der Waals surface area contributed by atoms with Crippen molar-refractivity contribution in [1.82, 2.24) is 9.78 Å². The van der Waals surface area contributed by atoms with E-state index in [0.717, 1.165) is 18.5 Å². The van der Waals surface area contributed by atoms with Gasteiger partial charge in [-0.05, 0) is 36.6 Å². The van der Waals surface area contributed by atoms with Crippen LogP contribution in [-0.2, 0) is 13.0 Å². The Morgan fingerprint density at radius 3 is 2.88 bits per heavy atom. The maximum absolute atomic E-state index is 11.4. The minimum atomic E-state index is -0.0555. The zero-order valence-electron chi connectivity index (χ0n) is 9.54. The minimum absolute atomic E-state index is 0.0555. The number of hydrogen-bond acceptors (Lipinski definition) is 3. The first kappa shape index (κ1) is 11.4. The van der Waals surface area contributed by atoms with Gasteiger partial charge in [0.15, 0.2) is 0 Å². The third kappa shape index (κ3) is 3.17. The Labute approximate surface area is 99.7 Å². The third-order valence-electron chi connectivity index (χ3n) is 2.57. The third-order valence-corrected chi connectivity index (χ3v) is 2.57. The first-order chi connectivity index (χ1) is 8.25. The zero-order chi connectivity index (χ0) is 12.1. The molecule has 2 rings (SSSR count). The second-order valence-corrected chi connectivity index (χ2v) is 3.93. The molecular formula is C13H15N3O. The summed E-state index contributed by atoms with van der Waals surface area (Å²) in [5.74, 6) is 0. The molecule has 0 unspecified atom stereocenters. The van der Waals surface area contributed by atoms with Crippen molar-refractivity contribution in [2.24, 2.45) is 0 Å². The molecule has 0 radical (unpaired) electrons. The van der Waals surface area contributed by atoms with Crippen LogP contribution in [0.15, 0.2) is 47.4 Å². The Balaban J connectivity index is 1.92. The molecule has 0 aliphatic heterocycles. The number of aryl methyl sites for hydroxylation is 2. The molecule has 1 aromatic heterocycles. The van der Waals surface area contributed by atoms with Crippen LogP contribution in [0.2, 0.25) is 0 Å². The number of nitrogens with zero attached hydrogens (tertiary/aromatic N) is 2. The Kier molecular flexibility index (Phi) is 3.55. The van der Waals surface area contributed by atoms with Gasteiger partial charge in [0.05, 0.1) is 0 Å². The molecule has 0 amide bonds.